The van der Waals surface area contributed by atoms with E-state index in [-0.39, 0.29) is 23.2 Å². The molecule has 0 saturated heterocycles. The van der Waals surface area contributed by atoms with Crippen LogP contribution in [0.25, 0.3) is 11.1 Å². The number of nitrogens with zero attached hydrogens (tertiary/aromatic N) is 2. The molecule has 0 saturated carbocycles. The van der Waals surface area contributed by atoms with Crippen molar-refractivity contribution in [1.82, 2.24) is 10.0 Å². The summed E-state index contributed by atoms with van der Waals surface area (Å²) in [6, 6.07) is 22.1. The fourth-order valence-electron chi connectivity index (χ4n) is 3.19. The van der Waals surface area contributed by atoms with Crippen molar-refractivity contribution in [3.63, 3.8) is 0 Å². The molecule has 2 amide bonds. The molecule has 1 N–H and O–H groups in total. The molecule has 6 nitrogen and oxygen atoms in total. The third-order valence-corrected chi connectivity index (χ3v) is 5.11. The standard InChI is InChI=1S/C25H25ClN2O4/c1-17(2)32-23-14-13-21(15-22(23)26)24(29)27(3)28(25(30)31)16-18-9-11-20(12-10-18)19-7-5-4-6-8-19/h4-15,17H,16H2,1-3H3,(H,30,31). The molecule has 32 heavy (non-hydrogen) atoms. The average Bonchev–Trinajstić information content (AvgIpc) is 2.78. The number of benzene rings is 3. The van der Waals surface area contributed by atoms with Crippen molar-refractivity contribution >= 4 is 23.6 Å². The third kappa shape index (κ3) is 5.59. The second-order valence-corrected chi connectivity index (χ2v) is 7.95. The highest BCUT2D eigenvalue weighted by molar-refractivity contribution is 6.32. The van der Waals surface area contributed by atoms with E-state index in [1.54, 1.807) is 12.1 Å². The topological polar surface area (TPSA) is 70.1 Å². The minimum Gasteiger partial charge on any atom is -0.489 e. The maximum absolute atomic E-state index is 12.9. The van der Waals surface area contributed by atoms with Gasteiger partial charge in [0.2, 0.25) is 0 Å². The smallest absolute Gasteiger partial charge is 0.426 e. The summed E-state index contributed by atoms with van der Waals surface area (Å²) in [7, 11) is 1.42. The first-order valence-electron chi connectivity index (χ1n) is 10.1. The van der Waals surface area contributed by atoms with Gasteiger partial charge in [0.25, 0.3) is 5.91 Å². The average molecular weight is 453 g/mol. The molecule has 0 aliphatic rings. The van der Waals surface area contributed by atoms with Crippen LogP contribution in [0.1, 0.15) is 29.8 Å². The van der Waals surface area contributed by atoms with Crippen LogP contribution in [-0.2, 0) is 6.54 Å². The van der Waals surface area contributed by atoms with Gasteiger partial charge in [0.15, 0.2) is 0 Å². The number of hydrazine groups is 1. The van der Waals surface area contributed by atoms with E-state index >= 15 is 0 Å². The third-order valence-electron chi connectivity index (χ3n) is 4.81. The number of hydrogen-bond donors (Lipinski definition) is 1. The quantitative estimate of drug-likeness (QED) is 0.468. The Kier molecular flexibility index (Phi) is 7.38. The molecule has 0 aliphatic heterocycles. The lowest BCUT2D eigenvalue weighted by Crippen LogP contribution is -2.46. The predicted octanol–water partition coefficient (Wildman–Crippen LogP) is 5.96. The first kappa shape index (κ1) is 23.2. The summed E-state index contributed by atoms with van der Waals surface area (Å²) in [5.74, 6) is -0.0271. The zero-order valence-corrected chi connectivity index (χ0v) is 18.9. The number of amides is 2. The van der Waals surface area contributed by atoms with Crippen LogP contribution >= 0.6 is 11.6 Å². The number of hydrogen-bond acceptors (Lipinski definition) is 3. The van der Waals surface area contributed by atoms with Gasteiger partial charge < -0.3 is 9.84 Å². The number of ether oxygens (including phenoxy) is 1. The molecular formula is C25H25ClN2O4. The van der Waals surface area contributed by atoms with E-state index in [9.17, 15) is 14.7 Å². The summed E-state index contributed by atoms with van der Waals surface area (Å²) in [6.45, 7) is 3.77. The van der Waals surface area contributed by atoms with E-state index in [0.717, 1.165) is 26.7 Å². The van der Waals surface area contributed by atoms with Crippen molar-refractivity contribution < 1.29 is 19.4 Å². The fourth-order valence-corrected chi connectivity index (χ4v) is 3.41. The molecule has 3 aromatic rings. The van der Waals surface area contributed by atoms with Crippen molar-refractivity contribution in [2.75, 3.05) is 7.05 Å². The van der Waals surface area contributed by atoms with Gasteiger partial charge in [-0.05, 0) is 48.7 Å². The summed E-state index contributed by atoms with van der Waals surface area (Å²) in [6.07, 6.45) is -1.30. The first-order chi connectivity index (χ1) is 15.3. The Labute approximate surface area is 192 Å². The molecule has 0 spiro atoms. The number of halogens is 1. The van der Waals surface area contributed by atoms with Gasteiger partial charge in [0, 0.05) is 12.6 Å². The van der Waals surface area contributed by atoms with Gasteiger partial charge in [-0.1, -0.05) is 66.2 Å². The summed E-state index contributed by atoms with van der Waals surface area (Å²) >= 11 is 6.23. The van der Waals surface area contributed by atoms with Crippen molar-refractivity contribution in [3.05, 3.63) is 88.9 Å². The molecule has 3 rings (SSSR count). The van der Waals surface area contributed by atoms with E-state index in [2.05, 4.69) is 0 Å². The number of rotatable bonds is 6. The second-order valence-electron chi connectivity index (χ2n) is 7.54. The van der Waals surface area contributed by atoms with Crippen LogP contribution in [0.4, 0.5) is 4.79 Å². The molecule has 0 atom stereocenters. The molecule has 7 heteroatoms. The zero-order valence-electron chi connectivity index (χ0n) is 18.2. The fraction of sp³-hybridized carbons (Fsp3) is 0.200. The Morgan fingerprint density at radius 1 is 0.969 bits per heavy atom. The van der Waals surface area contributed by atoms with Crippen LogP contribution in [-0.4, -0.2) is 40.3 Å². The summed E-state index contributed by atoms with van der Waals surface area (Å²) in [4.78, 5) is 24.8. The van der Waals surface area contributed by atoms with Gasteiger partial charge in [-0.3, -0.25) is 4.79 Å². The summed E-state index contributed by atoms with van der Waals surface area (Å²) in [5.41, 5.74) is 3.12. The molecule has 166 valence electrons. The molecule has 3 aromatic carbocycles. The van der Waals surface area contributed by atoms with Gasteiger partial charge in [0.05, 0.1) is 17.7 Å². The predicted molar refractivity (Wildman–Crippen MR) is 125 cm³/mol. The Hall–Kier alpha value is -3.51. The highest BCUT2D eigenvalue weighted by Crippen LogP contribution is 2.27. The van der Waals surface area contributed by atoms with E-state index in [4.69, 9.17) is 16.3 Å². The molecule has 0 unspecified atom stereocenters. The monoisotopic (exact) mass is 452 g/mol. The van der Waals surface area contributed by atoms with Gasteiger partial charge in [-0.15, -0.1) is 0 Å². The van der Waals surface area contributed by atoms with Gasteiger partial charge in [0.1, 0.15) is 5.75 Å². The Balaban J connectivity index is 1.76. The maximum Gasteiger partial charge on any atom is 0.426 e. The Morgan fingerprint density at radius 3 is 2.16 bits per heavy atom. The molecule has 0 bridgehead atoms. The molecule has 0 radical (unpaired) electrons. The van der Waals surface area contributed by atoms with Crippen LogP contribution < -0.4 is 4.74 Å². The molecule has 0 heterocycles. The Morgan fingerprint density at radius 2 is 1.59 bits per heavy atom. The largest absolute Gasteiger partial charge is 0.489 e. The van der Waals surface area contributed by atoms with Crippen LogP contribution in [0.3, 0.4) is 0 Å². The van der Waals surface area contributed by atoms with Gasteiger partial charge in [-0.2, -0.15) is 0 Å². The van der Waals surface area contributed by atoms with Crippen molar-refractivity contribution in [2.24, 2.45) is 0 Å². The number of carboxylic acid groups (broad SMARTS) is 1. The minimum atomic E-state index is -1.24. The highest BCUT2D eigenvalue weighted by atomic mass is 35.5. The summed E-state index contributed by atoms with van der Waals surface area (Å²) < 4.78 is 5.59. The Bertz CT molecular complexity index is 1080. The van der Waals surface area contributed by atoms with Crippen LogP contribution in [0.15, 0.2) is 72.8 Å². The lowest BCUT2D eigenvalue weighted by atomic mass is 10.0. The lowest BCUT2D eigenvalue weighted by molar-refractivity contribution is 0.00785. The van der Waals surface area contributed by atoms with E-state index < -0.39 is 12.0 Å². The zero-order chi connectivity index (χ0) is 23.3. The van der Waals surface area contributed by atoms with E-state index in [1.807, 2.05) is 68.4 Å². The highest BCUT2D eigenvalue weighted by Gasteiger charge is 2.24. The normalized spacial score (nSPS) is 10.7. The molecule has 0 fully saturated rings. The SMILES string of the molecule is CC(C)Oc1ccc(C(=O)N(C)N(Cc2ccc(-c3ccccc3)cc2)C(=O)O)cc1Cl. The molecule has 0 aliphatic carbocycles. The van der Waals surface area contributed by atoms with E-state index in [1.165, 1.54) is 13.1 Å². The van der Waals surface area contributed by atoms with Gasteiger partial charge >= 0.3 is 6.09 Å². The minimum absolute atomic E-state index is 0.0227. The van der Waals surface area contributed by atoms with Crippen LogP contribution in [0.5, 0.6) is 5.75 Å². The lowest BCUT2D eigenvalue weighted by Gasteiger charge is -2.29. The molecule has 0 aromatic heterocycles. The second kappa shape index (κ2) is 10.2. The van der Waals surface area contributed by atoms with Crippen molar-refractivity contribution in [1.29, 1.82) is 0 Å². The van der Waals surface area contributed by atoms with Crippen molar-refractivity contribution in [3.8, 4) is 16.9 Å². The maximum atomic E-state index is 12.9. The van der Waals surface area contributed by atoms with Crippen molar-refractivity contribution in [2.45, 2.75) is 26.5 Å². The van der Waals surface area contributed by atoms with Crippen LogP contribution in [0, 0.1) is 0 Å². The number of carbonyl (C=O) groups excluding carboxylic acids is 1. The van der Waals surface area contributed by atoms with Gasteiger partial charge in [-0.25, -0.2) is 14.8 Å². The number of carbonyl (C=O) groups is 2. The summed E-state index contributed by atoms with van der Waals surface area (Å²) in [5, 5.41) is 12.0. The van der Waals surface area contributed by atoms with E-state index in [0.29, 0.717) is 5.75 Å². The first-order valence-corrected chi connectivity index (χ1v) is 10.5. The molecular weight excluding hydrogens is 428 g/mol. The van der Waals surface area contributed by atoms with Crippen LogP contribution in [0.2, 0.25) is 5.02 Å².